The molecule has 0 saturated carbocycles. The number of nitrogens with one attached hydrogen (secondary N) is 1. The average molecular weight is 436 g/mol. The van der Waals surface area contributed by atoms with Crippen molar-refractivity contribution in [2.24, 2.45) is 0 Å². The lowest BCUT2D eigenvalue weighted by molar-refractivity contribution is -0.140. The van der Waals surface area contributed by atoms with Gasteiger partial charge in [0, 0.05) is 16.8 Å². The molecule has 0 fully saturated rings. The standard InChI is InChI=1S/C18H17ClF3NO4S/c1-3-28(26)16-7-5-12(9-13(16)18(20,21)22)27-15-8-11(19)4-6-14(15)23-10(2)17(24)25/h4-10,23H,3H2,1-2H3,(H,24,25)/t10-,28?/m1/s1. The van der Waals surface area contributed by atoms with E-state index in [4.69, 9.17) is 21.4 Å². The fourth-order valence-electron chi connectivity index (χ4n) is 2.27. The third-order valence-electron chi connectivity index (χ3n) is 3.68. The van der Waals surface area contributed by atoms with Gasteiger partial charge < -0.3 is 15.2 Å². The lowest BCUT2D eigenvalue weighted by Gasteiger charge is -2.17. The third-order valence-corrected chi connectivity index (χ3v) is 5.28. The van der Waals surface area contributed by atoms with Crippen LogP contribution in [0.5, 0.6) is 11.5 Å². The minimum atomic E-state index is -4.72. The van der Waals surface area contributed by atoms with E-state index in [2.05, 4.69) is 5.32 Å². The summed E-state index contributed by atoms with van der Waals surface area (Å²) in [5.74, 6) is -1.18. The third kappa shape index (κ3) is 5.39. The van der Waals surface area contributed by atoms with Crippen molar-refractivity contribution >= 4 is 34.1 Å². The first-order valence-electron chi connectivity index (χ1n) is 8.09. The van der Waals surface area contributed by atoms with E-state index < -0.39 is 34.6 Å². The maximum atomic E-state index is 13.4. The summed E-state index contributed by atoms with van der Waals surface area (Å²) in [6, 6.07) is 6.46. The molecule has 0 aromatic heterocycles. The van der Waals surface area contributed by atoms with Gasteiger partial charge in [0.15, 0.2) is 5.75 Å². The molecule has 2 N–H and O–H groups in total. The van der Waals surface area contributed by atoms with Crippen molar-refractivity contribution in [1.82, 2.24) is 0 Å². The highest BCUT2D eigenvalue weighted by molar-refractivity contribution is 7.85. The van der Waals surface area contributed by atoms with Gasteiger partial charge in [-0.3, -0.25) is 9.00 Å². The van der Waals surface area contributed by atoms with Crippen LogP contribution in [0.2, 0.25) is 5.02 Å². The zero-order chi connectivity index (χ0) is 21.1. The minimum absolute atomic E-state index is 0.0404. The predicted octanol–water partition coefficient (Wildman–Crippen LogP) is 5.16. The minimum Gasteiger partial charge on any atom is -0.480 e. The van der Waals surface area contributed by atoms with Crippen LogP contribution in [0.1, 0.15) is 19.4 Å². The van der Waals surface area contributed by atoms with Gasteiger partial charge in [-0.25, -0.2) is 0 Å². The van der Waals surface area contributed by atoms with Crippen molar-refractivity contribution < 1.29 is 32.0 Å². The molecule has 0 aliphatic carbocycles. The second-order valence-corrected chi connectivity index (χ2v) is 7.88. The number of alkyl halides is 3. The number of aliphatic carboxylic acids is 1. The van der Waals surface area contributed by atoms with E-state index in [9.17, 15) is 22.2 Å². The molecule has 2 rings (SSSR count). The number of halogens is 4. The molecule has 28 heavy (non-hydrogen) atoms. The number of carboxylic acids is 1. The molecular formula is C18H17ClF3NO4S. The number of benzene rings is 2. The summed E-state index contributed by atoms with van der Waals surface area (Å²) in [5, 5.41) is 12.0. The first-order chi connectivity index (χ1) is 13.0. The average Bonchev–Trinajstić information content (AvgIpc) is 2.62. The monoisotopic (exact) mass is 435 g/mol. The maximum Gasteiger partial charge on any atom is 0.417 e. The number of ether oxygens (including phenoxy) is 1. The van der Waals surface area contributed by atoms with Gasteiger partial charge in [0.1, 0.15) is 11.8 Å². The van der Waals surface area contributed by atoms with Crippen LogP contribution in [0.15, 0.2) is 41.3 Å². The lowest BCUT2D eigenvalue weighted by Crippen LogP contribution is -2.25. The predicted molar refractivity (Wildman–Crippen MR) is 101 cm³/mol. The van der Waals surface area contributed by atoms with Crippen molar-refractivity contribution in [3.8, 4) is 11.5 Å². The summed E-state index contributed by atoms with van der Waals surface area (Å²) in [6.45, 7) is 2.92. The van der Waals surface area contributed by atoms with Crippen molar-refractivity contribution in [2.45, 2.75) is 31.0 Å². The van der Waals surface area contributed by atoms with Gasteiger partial charge in [-0.05, 0) is 37.3 Å². The summed E-state index contributed by atoms with van der Waals surface area (Å²) in [4.78, 5) is 10.7. The van der Waals surface area contributed by atoms with E-state index in [-0.39, 0.29) is 32.9 Å². The van der Waals surface area contributed by atoms with Crippen LogP contribution in [0, 0.1) is 0 Å². The van der Waals surface area contributed by atoms with Crippen LogP contribution in [-0.4, -0.2) is 27.1 Å². The molecule has 2 atom stereocenters. The van der Waals surface area contributed by atoms with E-state index in [1.54, 1.807) is 0 Å². The molecule has 152 valence electrons. The normalized spacial score (nSPS) is 13.6. The van der Waals surface area contributed by atoms with Gasteiger partial charge in [0.25, 0.3) is 0 Å². The zero-order valence-electron chi connectivity index (χ0n) is 14.8. The number of anilines is 1. The van der Waals surface area contributed by atoms with Crippen molar-refractivity contribution in [3.63, 3.8) is 0 Å². The molecule has 0 aliphatic heterocycles. The van der Waals surface area contributed by atoms with Crippen LogP contribution in [0.4, 0.5) is 18.9 Å². The van der Waals surface area contributed by atoms with E-state index in [1.165, 1.54) is 38.1 Å². The molecule has 5 nitrogen and oxygen atoms in total. The number of carboxylic acid groups (broad SMARTS) is 1. The second kappa shape index (κ2) is 8.83. The Balaban J connectivity index is 2.44. The zero-order valence-corrected chi connectivity index (χ0v) is 16.4. The fourth-order valence-corrected chi connectivity index (χ4v) is 3.38. The van der Waals surface area contributed by atoms with Gasteiger partial charge in [0.05, 0.1) is 26.9 Å². The topological polar surface area (TPSA) is 75.6 Å². The maximum absolute atomic E-state index is 13.4. The van der Waals surface area contributed by atoms with Crippen LogP contribution in [0.25, 0.3) is 0 Å². The second-order valence-electron chi connectivity index (χ2n) is 5.74. The molecule has 1 unspecified atom stereocenters. The Morgan fingerprint density at radius 2 is 1.96 bits per heavy atom. The molecule has 0 aliphatic rings. The molecular weight excluding hydrogens is 419 g/mol. The molecule has 0 amide bonds. The summed E-state index contributed by atoms with van der Waals surface area (Å²) in [7, 11) is -1.80. The van der Waals surface area contributed by atoms with Crippen LogP contribution >= 0.6 is 11.6 Å². The smallest absolute Gasteiger partial charge is 0.417 e. The Bertz CT molecular complexity index is 905. The Hall–Kier alpha value is -2.26. The molecule has 10 heteroatoms. The van der Waals surface area contributed by atoms with Gasteiger partial charge >= 0.3 is 12.1 Å². The van der Waals surface area contributed by atoms with Gasteiger partial charge in [-0.15, -0.1) is 0 Å². The SMILES string of the molecule is CCS(=O)c1ccc(Oc2cc(Cl)ccc2N[C@H](C)C(=O)O)cc1C(F)(F)F. The fraction of sp³-hybridized carbons (Fsp3) is 0.278. The highest BCUT2D eigenvalue weighted by atomic mass is 35.5. The summed E-state index contributed by atoms with van der Waals surface area (Å²) >= 11 is 5.93. The molecule has 0 bridgehead atoms. The Kier molecular flexibility index (Phi) is 6.95. The van der Waals surface area contributed by atoms with E-state index in [1.807, 2.05) is 0 Å². The van der Waals surface area contributed by atoms with Crippen LogP contribution in [0.3, 0.4) is 0 Å². The molecule has 0 radical (unpaired) electrons. The number of hydrogen-bond acceptors (Lipinski definition) is 4. The summed E-state index contributed by atoms with van der Waals surface area (Å²) < 4.78 is 57.6. The number of rotatable bonds is 7. The van der Waals surface area contributed by atoms with Crippen LogP contribution < -0.4 is 10.1 Å². The van der Waals surface area contributed by atoms with Crippen molar-refractivity contribution in [2.75, 3.05) is 11.1 Å². The first-order valence-corrected chi connectivity index (χ1v) is 9.79. The van der Waals surface area contributed by atoms with E-state index in [0.717, 1.165) is 12.1 Å². The van der Waals surface area contributed by atoms with Crippen LogP contribution in [-0.2, 0) is 21.8 Å². The quantitative estimate of drug-likeness (QED) is 0.628. The number of carbonyl (C=O) groups is 1. The first kappa shape index (κ1) is 22.0. The van der Waals surface area contributed by atoms with Gasteiger partial charge in [0.2, 0.25) is 0 Å². The summed E-state index contributed by atoms with van der Waals surface area (Å²) in [5.41, 5.74) is -0.810. The lowest BCUT2D eigenvalue weighted by atomic mass is 10.2. The van der Waals surface area contributed by atoms with E-state index in [0.29, 0.717) is 0 Å². The van der Waals surface area contributed by atoms with Crippen molar-refractivity contribution in [1.29, 1.82) is 0 Å². The molecule has 0 heterocycles. The molecule has 2 aromatic carbocycles. The van der Waals surface area contributed by atoms with Crippen molar-refractivity contribution in [3.05, 3.63) is 47.0 Å². The van der Waals surface area contributed by atoms with Gasteiger partial charge in [-0.2, -0.15) is 13.2 Å². The highest BCUT2D eigenvalue weighted by Crippen LogP contribution is 2.38. The molecule has 2 aromatic rings. The molecule has 0 saturated heterocycles. The summed E-state index contributed by atoms with van der Waals surface area (Å²) in [6.07, 6.45) is -4.72. The Morgan fingerprint density at radius 3 is 2.54 bits per heavy atom. The van der Waals surface area contributed by atoms with Gasteiger partial charge in [-0.1, -0.05) is 18.5 Å². The largest absolute Gasteiger partial charge is 0.480 e. The Morgan fingerprint density at radius 1 is 1.29 bits per heavy atom. The number of hydrogen-bond donors (Lipinski definition) is 2. The van der Waals surface area contributed by atoms with E-state index >= 15 is 0 Å². The highest BCUT2D eigenvalue weighted by Gasteiger charge is 2.35. The molecule has 0 spiro atoms. The Labute approximate surface area is 166 Å².